The Bertz CT molecular complexity index is 429. The molecule has 2 aliphatic rings. The Morgan fingerprint density at radius 1 is 1.32 bits per heavy atom. The fraction of sp³-hybridized carbons (Fsp3) is 0.667. The summed E-state index contributed by atoms with van der Waals surface area (Å²) in [6.07, 6.45) is 5.28. The molecule has 2 saturated heterocycles. The first kappa shape index (κ1) is 12.9. The Labute approximate surface area is 115 Å². The first-order valence-electron chi connectivity index (χ1n) is 7.37. The predicted octanol–water partition coefficient (Wildman–Crippen LogP) is 1.81. The normalized spacial score (nSPS) is 26.0. The fourth-order valence-electron chi connectivity index (χ4n) is 3.34. The summed E-state index contributed by atoms with van der Waals surface area (Å²) in [5.74, 6) is 0.971. The van der Waals surface area contributed by atoms with Gasteiger partial charge in [0.15, 0.2) is 0 Å². The van der Waals surface area contributed by atoms with Crippen molar-refractivity contribution >= 4 is 5.82 Å². The van der Waals surface area contributed by atoms with Crippen molar-refractivity contribution in [3.05, 3.63) is 23.9 Å². The highest BCUT2D eigenvalue weighted by Gasteiger charge is 2.30. The van der Waals surface area contributed by atoms with Crippen LogP contribution in [0.3, 0.4) is 0 Å². The number of hydrogen-bond acceptors (Lipinski definition) is 4. The molecule has 0 spiro atoms. The Kier molecular flexibility index (Phi) is 3.71. The summed E-state index contributed by atoms with van der Waals surface area (Å²) in [5.41, 5.74) is 0.949. The lowest BCUT2D eigenvalue weighted by atomic mass is 10.1. The van der Waals surface area contributed by atoms with Crippen LogP contribution in [0, 0.1) is 0 Å². The van der Waals surface area contributed by atoms with Gasteiger partial charge in [-0.05, 0) is 45.3 Å². The van der Waals surface area contributed by atoms with Gasteiger partial charge in [-0.1, -0.05) is 6.07 Å². The van der Waals surface area contributed by atoms with E-state index in [0.29, 0.717) is 6.04 Å². The summed E-state index contributed by atoms with van der Waals surface area (Å²) in [4.78, 5) is 9.44. The number of aromatic nitrogens is 1. The number of likely N-dealkylation sites (tertiary alicyclic amines) is 1. The maximum atomic E-state index is 9.87. The summed E-state index contributed by atoms with van der Waals surface area (Å²) in [5, 5.41) is 9.87. The molecule has 1 aromatic rings. The third-order valence-electron chi connectivity index (χ3n) is 4.39. The zero-order chi connectivity index (χ0) is 13.2. The Balaban J connectivity index is 1.73. The molecule has 4 nitrogen and oxygen atoms in total. The highest BCUT2D eigenvalue weighted by molar-refractivity contribution is 5.49. The van der Waals surface area contributed by atoms with E-state index < -0.39 is 6.10 Å². The molecule has 104 valence electrons. The summed E-state index contributed by atoms with van der Waals surface area (Å²) in [6.45, 7) is 6.43. The van der Waals surface area contributed by atoms with Crippen molar-refractivity contribution in [1.82, 2.24) is 9.88 Å². The van der Waals surface area contributed by atoms with Crippen molar-refractivity contribution in [3.63, 3.8) is 0 Å². The molecule has 0 radical (unpaired) electrons. The molecule has 19 heavy (non-hydrogen) atoms. The molecule has 1 unspecified atom stereocenters. The number of anilines is 1. The van der Waals surface area contributed by atoms with Gasteiger partial charge in [0, 0.05) is 30.9 Å². The van der Waals surface area contributed by atoms with E-state index in [1.807, 2.05) is 25.3 Å². The Hall–Kier alpha value is -1.13. The lowest BCUT2D eigenvalue weighted by Crippen LogP contribution is -2.35. The van der Waals surface area contributed by atoms with Crippen LogP contribution in [0.2, 0.25) is 0 Å². The van der Waals surface area contributed by atoms with Crippen LogP contribution >= 0.6 is 0 Å². The zero-order valence-electron chi connectivity index (χ0n) is 11.6. The molecule has 0 aromatic carbocycles. The van der Waals surface area contributed by atoms with Crippen molar-refractivity contribution in [2.45, 2.75) is 38.3 Å². The molecule has 4 heteroatoms. The van der Waals surface area contributed by atoms with Gasteiger partial charge in [0.25, 0.3) is 0 Å². The van der Waals surface area contributed by atoms with Crippen LogP contribution in [0.4, 0.5) is 5.82 Å². The largest absolute Gasteiger partial charge is 0.389 e. The molecular weight excluding hydrogens is 238 g/mol. The average Bonchev–Trinajstić information content (AvgIpc) is 3.09. The number of hydrogen-bond donors (Lipinski definition) is 1. The minimum atomic E-state index is -0.450. The number of aliphatic hydroxyl groups is 1. The summed E-state index contributed by atoms with van der Waals surface area (Å²) >= 11 is 0. The van der Waals surface area contributed by atoms with E-state index in [0.717, 1.165) is 24.5 Å². The van der Waals surface area contributed by atoms with Gasteiger partial charge in [-0.15, -0.1) is 0 Å². The van der Waals surface area contributed by atoms with Gasteiger partial charge in [-0.25, -0.2) is 4.98 Å². The second-order valence-corrected chi connectivity index (χ2v) is 5.72. The first-order valence-corrected chi connectivity index (χ1v) is 7.37. The second-order valence-electron chi connectivity index (χ2n) is 5.72. The average molecular weight is 261 g/mol. The smallest absolute Gasteiger partial charge is 0.134 e. The van der Waals surface area contributed by atoms with Gasteiger partial charge < -0.3 is 10.0 Å². The van der Waals surface area contributed by atoms with Crippen molar-refractivity contribution in [3.8, 4) is 0 Å². The number of rotatable bonds is 3. The van der Waals surface area contributed by atoms with Crippen LogP contribution in [0.25, 0.3) is 0 Å². The molecule has 2 atom stereocenters. The monoisotopic (exact) mass is 261 g/mol. The van der Waals surface area contributed by atoms with Crippen molar-refractivity contribution in [2.75, 3.05) is 31.1 Å². The van der Waals surface area contributed by atoms with Gasteiger partial charge in [0.2, 0.25) is 0 Å². The van der Waals surface area contributed by atoms with Gasteiger partial charge in [0.05, 0.1) is 6.10 Å². The van der Waals surface area contributed by atoms with Gasteiger partial charge >= 0.3 is 0 Å². The van der Waals surface area contributed by atoms with Gasteiger partial charge in [-0.2, -0.15) is 0 Å². The predicted molar refractivity (Wildman–Crippen MR) is 76.3 cm³/mol. The fourth-order valence-corrected chi connectivity index (χ4v) is 3.34. The van der Waals surface area contributed by atoms with Crippen LogP contribution in [0.5, 0.6) is 0 Å². The van der Waals surface area contributed by atoms with Crippen LogP contribution < -0.4 is 4.90 Å². The number of pyridine rings is 1. The van der Waals surface area contributed by atoms with Gasteiger partial charge in [0.1, 0.15) is 5.82 Å². The molecule has 0 saturated carbocycles. The van der Waals surface area contributed by atoms with Crippen molar-refractivity contribution < 1.29 is 5.11 Å². The maximum absolute atomic E-state index is 9.87. The van der Waals surface area contributed by atoms with Gasteiger partial charge in [-0.3, -0.25) is 4.90 Å². The van der Waals surface area contributed by atoms with E-state index in [2.05, 4.69) is 14.8 Å². The molecule has 3 heterocycles. The van der Waals surface area contributed by atoms with E-state index >= 15 is 0 Å². The quantitative estimate of drug-likeness (QED) is 0.901. The zero-order valence-corrected chi connectivity index (χ0v) is 11.6. The maximum Gasteiger partial charge on any atom is 0.134 e. The molecule has 0 amide bonds. The first-order chi connectivity index (χ1) is 9.25. The highest BCUT2D eigenvalue weighted by atomic mass is 16.3. The van der Waals surface area contributed by atoms with E-state index in [1.165, 1.54) is 32.4 Å². The topological polar surface area (TPSA) is 39.6 Å². The third-order valence-corrected chi connectivity index (χ3v) is 4.39. The molecular formula is C15H23N3O. The molecule has 2 fully saturated rings. The van der Waals surface area contributed by atoms with E-state index in [9.17, 15) is 5.11 Å². The lowest BCUT2D eigenvalue weighted by Gasteiger charge is -2.25. The van der Waals surface area contributed by atoms with Crippen LogP contribution in [-0.2, 0) is 0 Å². The highest BCUT2D eigenvalue weighted by Crippen LogP contribution is 2.29. The number of aliphatic hydroxyl groups excluding tert-OH is 1. The summed E-state index contributed by atoms with van der Waals surface area (Å²) in [7, 11) is 0. The third kappa shape index (κ3) is 2.60. The van der Waals surface area contributed by atoms with Crippen LogP contribution in [-0.4, -0.2) is 47.2 Å². The molecule has 0 aliphatic carbocycles. The van der Waals surface area contributed by atoms with E-state index in [1.54, 1.807) is 0 Å². The standard InChI is InChI=1S/C15H23N3O/c1-12(19)14-5-4-7-16-15(14)18-10-6-13(11-18)17-8-2-3-9-17/h4-5,7,12-13,19H,2-3,6,8-11H2,1H3/t12-,13?/m0/s1. The summed E-state index contributed by atoms with van der Waals surface area (Å²) in [6, 6.07) is 4.56. The van der Waals surface area contributed by atoms with Crippen molar-refractivity contribution in [1.29, 1.82) is 0 Å². The molecule has 3 rings (SSSR count). The SMILES string of the molecule is C[C@H](O)c1cccnc1N1CCC(N2CCCC2)C1. The lowest BCUT2D eigenvalue weighted by molar-refractivity contribution is 0.199. The number of nitrogens with zero attached hydrogens (tertiary/aromatic N) is 3. The molecule has 2 aliphatic heterocycles. The molecule has 1 aromatic heterocycles. The Morgan fingerprint density at radius 2 is 2.11 bits per heavy atom. The minimum absolute atomic E-state index is 0.450. The summed E-state index contributed by atoms with van der Waals surface area (Å²) < 4.78 is 0. The van der Waals surface area contributed by atoms with Crippen molar-refractivity contribution in [2.24, 2.45) is 0 Å². The van der Waals surface area contributed by atoms with E-state index in [4.69, 9.17) is 0 Å². The molecule has 1 N–H and O–H groups in total. The van der Waals surface area contributed by atoms with Crippen LogP contribution in [0.1, 0.15) is 37.9 Å². The second kappa shape index (κ2) is 5.47. The van der Waals surface area contributed by atoms with E-state index in [-0.39, 0.29) is 0 Å². The van der Waals surface area contributed by atoms with Crippen LogP contribution in [0.15, 0.2) is 18.3 Å². The minimum Gasteiger partial charge on any atom is -0.389 e. The molecule has 0 bridgehead atoms. The Morgan fingerprint density at radius 3 is 2.84 bits per heavy atom.